The largest absolute Gasteiger partial charge is 0.361 e. The minimum Gasteiger partial charge on any atom is -0.361 e. The van der Waals surface area contributed by atoms with E-state index in [-0.39, 0.29) is 18.2 Å². The number of hydrogen-bond donors (Lipinski definition) is 2. The standard InChI is InChI=1S/C25H28N4O3/c1-5-20-14(3)13(2)15(4)25(32-20)29-11-19(27-12-29)22-21(23(30)28-24(22)31)17-10-26-18-9-7-6-8-16(17)18/h6-15,20,25-26H,5H2,1-4H3,(H,28,30,31). The van der Waals surface area contributed by atoms with E-state index in [1.165, 1.54) is 0 Å². The van der Waals surface area contributed by atoms with Crippen molar-refractivity contribution >= 4 is 33.9 Å². The number of carbonyl (C=O) groups is 2. The van der Waals surface area contributed by atoms with Crippen LogP contribution >= 0.6 is 0 Å². The number of imidazole rings is 1. The van der Waals surface area contributed by atoms with E-state index in [0.717, 1.165) is 17.3 Å². The number of imide groups is 1. The Labute approximate surface area is 186 Å². The van der Waals surface area contributed by atoms with Gasteiger partial charge >= 0.3 is 0 Å². The molecule has 5 unspecified atom stereocenters. The van der Waals surface area contributed by atoms with Gasteiger partial charge in [0.1, 0.15) is 6.23 Å². The van der Waals surface area contributed by atoms with Gasteiger partial charge < -0.3 is 14.3 Å². The predicted octanol–water partition coefficient (Wildman–Crippen LogP) is 4.15. The summed E-state index contributed by atoms with van der Waals surface area (Å²) in [6, 6.07) is 7.72. The summed E-state index contributed by atoms with van der Waals surface area (Å²) in [5.41, 5.74) is 2.73. The zero-order valence-corrected chi connectivity index (χ0v) is 18.8. The summed E-state index contributed by atoms with van der Waals surface area (Å²) < 4.78 is 8.38. The lowest BCUT2D eigenvalue weighted by atomic mass is 9.77. The Morgan fingerprint density at radius 3 is 2.56 bits per heavy atom. The van der Waals surface area contributed by atoms with E-state index in [4.69, 9.17) is 4.74 Å². The van der Waals surface area contributed by atoms with Gasteiger partial charge in [0.2, 0.25) is 0 Å². The van der Waals surface area contributed by atoms with E-state index in [9.17, 15) is 9.59 Å². The summed E-state index contributed by atoms with van der Waals surface area (Å²) in [4.78, 5) is 33.3. The number of amides is 2. The monoisotopic (exact) mass is 432 g/mol. The molecule has 2 aromatic heterocycles. The van der Waals surface area contributed by atoms with Crippen LogP contribution in [0.1, 0.15) is 51.6 Å². The Morgan fingerprint density at radius 2 is 1.78 bits per heavy atom. The molecule has 7 nitrogen and oxygen atoms in total. The number of fused-ring (bicyclic) bond motifs is 1. The average molecular weight is 433 g/mol. The van der Waals surface area contributed by atoms with Gasteiger partial charge in [0.25, 0.3) is 11.8 Å². The SMILES string of the molecule is CCC1OC(n2cnc(C3=C(c4c[nH]c5ccccc45)C(=O)NC3=O)c2)C(C)C(C)C1C. The van der Waals surface area contributed by atoms with Gasteiger partial charge in [-0.05, 0) is 24.3 Å². The first-order chi connectivity index (χ1) is 15.4. The minimum absolute atomic E-state index is 0.162. The molecule has 0 bridgehead atoms. The number of aromatic nitrogens is 3. The zero-order chi connectivity index (χ0) is 22.6. The van der Waals surface area contributed by atoms with Gasteiger partial charge in [-0.15, -0.1) is 0 Å². The highest BCUT2D eigenvalue weighted by Crippen LogP contribution is 2.42. The highest BCUT2D eigenvalue weighted by Gasteiger charge is 2.40. The van der Waals surface area contributed by atoms with Gasteiger partial charge in [0.05, 0.1) is 29.3 Å². The molecule has 7 heteroatoms. The molecule has 2 aliphatic heterocycles. The van der Waals surface area contributed by atoms with E-state index in [0.29, 0.717) is 34.2 Å². The number of nitrogens with zero attached hydrogens (tertiary/aromatic N) is 2. The van der Waals surface area contributed by atoms with Crippen molar-refractivity contribution in [2.24, 2.45) is 17.8 Å². The maximum absolute atomic E-state index is 12.8. The molecule has 2 amide bonds. The number of aromatic amines is 1. The van der Waals surface area contributed by atoms with Crippen molar-refractivity contribution in [1.29, 1.82) is 0 Å². The van der Waals surface area contributed by atoms with Gasteiger partial charge in [0, 0.05) is 34.8 Å². The number of nitrogens with one attached hydrogen (secondary N) is 2. The van der Waals surface area contributed by atoms with Gasteiger partial charge in [-0.25, -0.2) is 4.98 Å². The smallest absolute Gasteiger partial charge is 0.261 e. The second kappa shape index (κ2) is 7.74. The van der Waals surface area contributed by atoms with Crippen molar-refractivity contribution < 1.29 is 14.3 Å². The summed E-state index contributed by atoms with van der Waals surface area (Å²) >= 11 is 0. The van der Waals surface area contributed by atoms with Gasteiger partial charge in [-0.3, -0.25) is 14.9 Å². The first-order valence-corrected chi connectivity index (χ1v) is 11.3. The van der Waals surface area contributed by atoms with Crippen molar-refractivity contribution in [3.63, 3.8) is 0 Å². The summed E-state index contributed by atoms with van der Waals surface area (Å²) in [6.45, 7) is 8.86. The number of H-pyrrole nitrogens is 1. The van der Waals surface area contributed by atoms with Crippen LogP contribution < -0.4 is 5.32 Å². The van der Waals surface area contributed by atoms with Crippen LogP contribution in [0.3, 0.4) is 0 Å². The molecule has 0 spiro atoms. The van der Waals surface area contributed by atoms with Gasteiger partial charge in [-0.1, -0.05) is 45.9 Å². The van der Waals surface area contributed by atoms with Crippen molar-refractivity contribution in [3.05, 3.63) is 54.2 Å². The lowest BCUT2D eigenvalue weighted by Crippen LogP contribution is -2.42. The lowest BCUT2D eigenvalue weighted by molar-refractivity contribution is -0.167. The molecular formula is C25H28N4O3. The van der Waals surface area contributed by atoms with E-state index in [2.05, 4.69) is 43.0 Å². The topological polar surface area (TPSA) is 89.0 Å². The maximum atomic E-state index is 12.8. The Morgan fingerprint density at radius 1 is 1.03 bits per heavy atom. The molecule has 2 N–H and O–H groups in total. The van der Waals surface area contributed by atoms with Crippen LogP contribution in [0, 0.1) is 17.8 Å². The van der Waals surface area contributed by atoms with Crippen LogP contribution in [0.25, 0.3) is 22.0 Å². The van der Waals surface area contributed by atoms with E-state index in [1.807, 2.05) is 35.0 Å². The molecule has 1 fully saturated rings. The maximum Gasteiger partial charge on any atom is 0.261 e. The minimum atomic E-state index is -0.424. The third-order valence-electron chi connectivity index (χ3n) is 7.35. The van der Waals surface area contributed by atoms with E-state index >= 15 is 0 Å². The molecule has 1 saturated heterocycles. The van der Waals surface area contributed by atoms with Crippen LogP contribution in [-0.2, 0) is 14.3 Å². The van der Waals surface area contributed by atoms with Crippen LogP contribution in [0.5, 0.6) is 0 Å². The highest BCUT2D eigenvalue weighted by atomic mass is 16.5. The Balaban J connectivity index is 1.57. The quantitative estimate of drug-likeness (QED) is 0.606. The summed E-state index contributed by atoms with van der Waals surface area (Å²) in [5.74, 6) is 0.424. The lowest BCUT2D eigenvalue weighted by Gasteiger charge is -2.43. The molecule has 5 atom stereocenters. The van der Waals surface area contributed by atoms with Crippen molar-refractivity contribution in [2.75, 3.05) is 0 Å². The third kappa shape index (κ3) is 3.11. The fourth-order valence-electron chi connectivity index (χ4n) is 5.15. The molecule has 0 aliphatic carbocycles. The molecule has 0 radical (unpaired) electrons. The number of carbonyl (C=O) groups excluding carboxylic acids is 2. The predicted molar refractivity (Wildman–Crippen MR) is 122 cm³/mol. The molecule has 2 aliphatic rings. The third-order valence-corrected chi connectivity index (χ3v) is 7.35. The second-order valence-corrected chi connectivity index (χ2v) is 9.04. The second-order valence-electron chi connectivity index (χ2n) is 9.04. The van der Waals surface area contributed by atoms with Crippen LogP contribution in [0.4, 0.5) is 0 Å². The van der Waals surface area contributed by atoms with Crippen LogP contribution in [-0.4, -0.2) is 32.5 Å². The van der Waals surface area contributed by atoms with Gasteiger partial charge in [-0.2, -0.15) is 0 Å². The zero-order valence-electron chi connectivity index (χ0n) is 18.8. The molecule has 5 rings (SSSR count). The van der Waals surface area contributed by atoms with Crippen molar-refractivity contribution in [2.45, 2.75) is 46.4 Å². The first-order valence-electron chi connectivity index (χ1n) is 11.3. The number of hydrogen-bond acceptors (Lipinski definition) is 4. The average Bonchev–Trinajstić information content (AvgIpc) is 3.49. The van der Waals surface area contributed by atoms with E-state index in [1.54, 1.807) is 12.5 Å². The normalized spacial score (nSPS) is 28.6. The summed E-state index contributed by atoms with van der Waals surface area (Å²) in [7, 11) is 0. The number of rotatable bonds is 4. The Kier molecular flexibility index (Phi) is 5.01. The molecule has 4 heterocycles. The Hall–Kier alpha value is -3.19. The number of ether oxygens (including phenoxy) is 1. The molecule has 166 valence electrons. The molecule has 3 aromatic rings. The highest BCUT2D eigenvalue weighted by molar-refractivity contribution is 6.49. The van der Waals surface area contributed by atoms with Crippen LogP contribution in [0.15, 0.2) is 43.0 Å². The van der Waals surface area contributed by atoms with Crippen molar-refractivity contribution in [3.8, 4) is 0 Å². The Bertz CT molecular complexity index is 1230. The van der Waals surface area contributed by atoms with Gasteiger partial charge in [0.15, 0.2) is 0 Å². The molecule has 0 saturated carbocycles. The molecule has 32 heavy (non-hydrogen) atoms. The number of benzene rings is 1. The van der Waals surface area contributed by atoms with Crippen molar-refractivity contribution in [1.82, 2.24) is 19.9 Å². The number of para-hydroxylation sites is 1. The molecule has 1 aromatic carbocycles. The van der Waals surface area contributed by atoms with E-state index < -0.39 is 11.8 Å². The fraction of sp³-hybridized carbons (Fsp3) is 0.400. The first kappa shape index (κ1) is 20.7. The summed E-state index contributed by atoms with van der Waals surface area (Å²) in [5, 5.41) is 3.34. The van der Waals surface area contributed by atoms with Crippen LogP contribution in [0.2, 0.25) is 0 Å². The molecular weight excluding hydrogens is 404 g/mol. The fourth-order valence-corrected chi connectivity index (χ4v) is 5.15. The summed E-state index contributed by atoms with van der Waals surface area (Å²) in [6.07, 6.45) is 6.28.